The molecule has 2 nitrogen and oxygen atoms in total. The molecule has 0 aliphatic carbocycles. The smallest absolute Gasteiger partial charge is 0.385 e. The van der Waals surface area contributed by atoms with Crippen molar-refractivity contribution in [1.82, 2.24) is 0 Å². The normalized spacial score (nSPS) is 16.4. The van der Waals surface area contributed by atoms with Gasteiger partial charge in [-0.1, -0.05) is 12.2 Å². The summed E-state index contributed by atoms with van der Waals surface area (Å²) in [6.07, 6.45) is 0.0744. The van der Waals surface area contributed by atoms with Crippen LogP contribution in [0.1, 0.15) is 6.92 Å². The Balaban J connectivity index is 7.07. The molecule has 0 saturated heterocycles. The SMILES string of the molecule is C/C=C/C=C(/C(=O)O)C(F)(F)C(F)(F)C(F)(F)C(F)(F)C(F)(F)C(F)(F)C(F)(F)C(F)(F)CF. The quantitative estimate of drug-likeness (QED) is 0.180. The molecule has 0 heterocycles. The van der Waals surface area contributed by atoms with Gasteiger partial charge >= 0.3 is 53.3 Å². The fourth-order valence-electron chi connectivity index (χ4n) is 1.97. The molecule has 0 atom stereocenters. The molecule has 34 heavy (non-hydrogen) atoms. The number of halogens is 17. The molecule has 0 saturated carbocycles. The van der Waals surface area contributed by atoms with Crippen molar-refractivity contribution in [1.29, 1.82) is 0 Å². The zero-order chi connectivity index (χ0) is 28.0. The number of carboxylic acid groups (broad SMARTS) is 1. The Morgan fingerprint density at radius 3 is 1.26 bits per heavy atom. The van der Waals surface area contributed by atoms with E-state index in [0.717, 1.165) is 6.92 Å². The van der Waals surface area contributed by atoms with Crippen molar-refractivity contribution < 1.29 is 84.5 Å². The van der Waals surface area contributed by atoms with E-state index in [0.29, 0.717) is 6.08 Å². The minimum Gasteiger partial charge on any atom is -0.478 e. The molecular formula is C15H9F17O2. The molecule has 0 aromatic rings. The molecule has 0 bridgehead atoms. The minimum absolute atomic E-state index is 0.117. The summed E-state index contributed by atoms with van der Waals surface area (Å²) in [7, 11) is 0. The summed E-state index contributed by atoms with van der Waals surface area (Å²) in [5.74, 6) is -67.7. The van der Waals surface area contributed by atoms with Gasteiger partial charge < -0.3 is 5.11 Å². The Labute approximate surface area is 176 Å². The summed E-state index contributed by atoms with van der Waals surface area (Å²) in [5.41, 5.74) is -3.18. The third kappa shape index (κ3) is 4.07. The number of alkyl halides is 17. The molecule has 0 aromatic carbocycles. The summed E-state index contributed by atoms with van der Waals surface area (Å²) in [6, 6.07) is 0. The maximum absolute atomic E-state index is 13.8. The Kier molecular flexibility index (Phi) is 8.18. The van der Waals surface area contributed by atoms with Crippen LogP contribution in [0.2, 0.25) is 0 Å². The first-order valence-electron chi connectivity index (χ1n) is 7.85. The van der Waals surface area contributed by atoms with E-state index < -0.39 is 71.7 Å². The molecule has 0 aliphatic rings. The van der Waals surface area contributed by atoms with Crippen LogP contribution in [0.15, 0.2) is 23.8 Å². The number of carbonyl (C=O) groups is 1. The van der Waals surface area contributed by atoms with E-state index >= 15 is 0 Å². The lowest BCUT2D eigenvalue weighted by molar-refractivity contribution is -0.451. The fraction of sp³-hybridized carbons (Fsp3) is 0.667. The lowest BCUT2D eigenvalue weighted by Crippen LogP contribution is -2.75. The average Bonchev–Trinajstić information content (AvgIpc) is 2.66. The van der Waals surface area contributed by atoms with Gasteiger partial charge in [0.1, 0.15) is 5.57 Å². The second-order valence-corrected chi connectivity index (χ2v) is 6.27. The van der Waals surface area contributed by atoms with Crippen LogP contribution < -0.4 is 0 Å². The number of aliphatic carboxylic acids is 1. The minimum atomic E-state index is -8.71. The van der Waals surface area contributed by atoms with E-state index in [9.17, 15) is 79.4 Å². The highest BCUT2D eigenvalue weighted by Gasteiger charge is 2.95. The van der Waals surface area contributed by atoms with Gasteiger partial charge in [-0.15, -0.1) is 0 Å². The summed E-state index contributed by atoms with van der Waals surface area (Å²) in [4.78, 5) is 10.7. The summed E-state index contributed by atoms with van der Waals surface area (Å²) in [6.45, 7) is -3.09. The molecule has 0 spiro atoms. The average molecular weight is 544 g/mol. The van der Waals surface area contributed by atoms with Gasteiger partial charge in [-0.2, -0.15) is 70.2 Å². The van der Waals surface area contributed by atoms with Crippen molar-refractivity contribution in [3.05, 3.63) is 23.8 Å². The van der Waals surface area contributed by atoms with E-state index in [-0.39, 0.29) is 6.08 Å². The first-order chi connectivity index (χ1) is 14.7. The molecule has 0 radical (unpaired) electrons. The molecule has 0 unspecified atom stereocenters. The number of carboxylic acids is 1. The van der Waals surface area contributed by atoms with Crippen LogP contribution in [0.25, 0.3) is 0 Å². The fourth-order valence-corrected chi connectivity index (χ4v) is 1.97. The van der Waals surface area contributed by atoms with Crippen molar-refractivity contribution in [2.45, 2.75) is 54.3 Å². The van der Waals surface area contributed by atoms with Gasteiger partial charge in [0.15, 0.2) is 6.67 Å². The molecule has 0 aromatic heterocycles. The molecule has 1 N–H and O–H groups in total. The van der Waals surface area contributed by atoms with E-state index in [1.54, 1.807) is 0 Å². The second-order valence-electron chi connectivity index (χ2n) is 6.27. The number of rotatable bonds is 11. The third-order valence-corrected chi connectivity index (χ3v) is 4.02. The van der Waals surface area contributed by atoms with Crippen LogP contribution >= 0.6 is 0 Å². The van der Waals surface area contributed by atoms with Gasteiger partial charge in [-0.25, -0.2) is 9.18 Å². The lowest BCUT2D eigenvalue weighted by Gasteiger charge is -2.43. The predicted molar refractivity (Wildman–Crippen MR) is 76.1 cm³/mol. The molecule has 0 aliphatic heterocycles. The van der Waals surface area contributed by atoms with Gasteiger partial charge in [-0.3, -0.25) is 0 Å². The van der Waals surface area contributed by atoms with Crippen LogP contribution in [0, 0.1) is 0 Å². The van der Waals surface area contributed by atoms with Gasteiger partial charge in [0.2, 0.25) is 0 Å². The van der Waals surface area contributed by atoms with Crippen molar-refractivity contribution in [3.63, 3.8) is 0 Å². The first kappa shape index (κ1) is 31.8. The maximum atomic E-state index is 13.8. The number of hydrogen-bond acceptors (Lipinski definition) is 1. The van der Waals surface area contributed by atoms with Crippen LogP contribution in [0.5, 0.6) is 0 Å². The second kappa shape index (κ2) is 8.76. The molecule has 19 heteroatoms. The molecule has 0 amide bonds. The van der Waals surface area contributed by atoms with Gasteiger partial charge in [0, 0.05) is 0 Å². The topological polar surface area (TPSA) is 37.3 Å². The Morgan fingerprint density at radius 2 is 0.971 bits per heavy atom. The zero-order valence-corrected chi connectivity index (χ0v) is 15.7. The highest BCUT2D eigenvalue weighted by molar-refractivity contribution is 5.89. The predicted octanol–water partition coefficient (Wildman–Crippen LogP) is 6.63. The summed E-state index contributed by atoms with van der Waals surface area (Å²) >= 11 is 0. The summed E-state index contributed by atoms with van der Waals surface area (Å²) < 4.78 is 227. The summed E-state index contributed by atoms with van der Waals surface area (Å²) in [5, 5.41) is 8.45. The van der Waals surface area contributed by atoms with Gasteiger partial charge in [0.05, 0.1) is 0 Å². The van der Waals surface area contributed by atoms with Crippen LogP contribution in [0.3, 0.4) is 0 Å². The van der Waals surface area contributed by atoms with Crippen LogP contribution in [-0.4, -0.2) is 65.1 Å². The van der Waals surface area contributed by atoms with Crippen LogP contribution in [-0.2, 0) is 4.79 Å². The van der Waals surface area contributed by atoms with E-state index in [1.165, 1.54) is 0 Å². The first-order valence-corrected chi connectivity index (χ1v) is 7.85. The maximum Gasteiger partial charge on any atom is 0.385 e. The molecule has 0 fully saturated rings. The van der Waals surface area contributed by atoms with Gasteiger partial charge in [0.25, 0.3) is 0 Å². The number of hydrogen-bond donors (Lipinski definition) is 1. The lowest BCUT2D eigenvalue weighted by atomic mass is 9.86. The van der Waals surface area contributed by atoms with E-state index in [4.69, 9.17) is 5.11 Å². The third-order valence-electron chi connectivity index (χ3n) is 4.02. The van der Waals surface area contributed by atoms with Crippen LogP contribution in [0.4, 0.5) is 74.6 Å². The van der Waals surface area contributed by atoms with Crippen molar-refractivity contribution in [3.8, 4) is 0 Å². The highest BCUT2D eigenvalue weighted by atomic mass is 19.4. The van der Waals surface area contributed by atoms with Gasteiger partial charge in [-0.05, 0) is 13.0 Å². The zero-order valence-electron chi connectivity index (χ0n) is 15.7. The van der Waals surface area contributed by atoms with E-state index in [2.05, 4.69) is 0 Å². The Bertz CT molecular complexity index is 825. The number of allylic oxidation sites excluding steroid dienone is 3. The van der Waals surface area contributed by atoms with Crippen molar-refractivity contribution in [2.75, 3.05) is 6.67 Å². The largest absolute Gasteiger partial charge is 0.478 e. The van der Waals surface area contributed by atoms with E-state index in [1.807, 2.05) is 0 Å². The highest BCUT2D eigenvalue weighted by Crippen LogP contribution is 2.64. The standard InChI is InChI=1S/C15H9F17O2/c1-2-3-4-6(7(33)34)9(19,20)11(23,24)13(27,28)15(31,32)14(29,30)12(25,26)10(21,22)8(17,18)5-16/h2-4H,5H2,1H3,(H,33,34)/b3-2+,6-4-. The molecule has 0 rings (SSSR count). The van der Waals surface area contributed by atoms with Crippen molar-refractivity contribution in [2.24, 2.45) is 0 Å². The van der Waals surface area contributed by atoms with Crippen molar-refractivity contribution >= 4 is 5.97 Å². The molecule has 200 valence electrons. The molecular weight excluding hydrogens is 535 g/mol. The monoisotopic (exact) mass is 544 g/mol. The Morgan fingerprint density at radius 1 is 0.647 bits per heavy atom. The Hall–Kier alpha value is -2.24.